The first kappa shape index (κ1) is 58.6. The highest BCUT2D eigenvalue weighted by atomic mass is 19.1. The van der Waals surface area contributed by atoms with E-state index in [-0.39, 0.29) is 23.3 Å². The predicted molar refractivity (Wildman–Crippen MR) is 373 cm³/mol. The molecule has 8 heteroatoms. The molecule has 13 aromatic rings. The first-order chi connectivity index (χ1) is 45.9. The molecule has 2 unspecified atom stereocenters. The van der Waals surface area contributed by atoms with Gasteiger partial charge in [-0.05, 0) is 248 Å². The van der Waals surface area contributed by atoms with Crippen LogP contribution in [0.25, 0.3) is 34.4 Å². The molecule has 13 aromatic carbocycles. The molecular weight excluding hydrogens is 1170 g/mol. The van der Waals surface area contributed by atoms with E-state index < -0.39 is 10.8 Å². The van der Waals surface area contributed by atoms with Crippen LogP contribution in [0.3, 0.4) is 0 Å². The number of aryl methyl sites for hydroxylation is 2. The van der Waals surface area contributed by atoms with Gasteiger partial charge in [-0.25, -0.2) is 17.6 Å². The van der Waals surface area contributed by atoms with Crippen LogP contribution >= 0.6 is 0 Å². The van der Waals surface area contributed by atoms with Gasteiger partial charge in [0.2, 0.25) is 0 Å². The maximum Gasteiger partial charge on any atom is 0.128 e. The van der Waals surface area contributed by atoms with Crippen molar-refractivity contribution in [2.24, 2.45) is 0 Å². The SMILES string of the molecule is C=Cc1ccc(Oc2ccc(C3(c4ccc(F)cc4)c4ccccc4-c4ccc(N(c5ccc(N(c6ccc(C)c(F)c6)c6ccc7c(c6)C(c6ccc(F)cc6)(c6ccc(Oc8ccc(C=C)cc8)cc6)c6ccccc6-7)cc5)c5ccc(C)c(F)c5)cc43)cc2)cc1. The molecule has 0 spiro atoms. The Morgan fingerprint density at radius 3 is 0.926 bits per heavy atom. The molecule has 4 nitrogen and oxygen atoms in total. The van der Waals surface area contributed by atoms with Gasteiger partial charge in [0, 0.05) is 34.1 Å². The lowest BCUT2D eigenvalue weighted by atomic mass is 9.67. The van der Waals surface area contributed by atoms with E-state index in [4.69, 9.17) is 9.47 Å². The van der Waals surface area contributed by atoms with Crippen LogP contribution in [0.2, 0.25) is 0 Å². The van der Waals surface area contributed by atoms with Crippen LogP contribution in [0.4, 0.5) is 51.7 Å². The summed E-state index contributed by atoms with van der Waals surface area (Å²) in [5, 5.41) is 0. The summed E-state index contributed by atoms with van der Waals surface area (Å²) in [6.07, 6.45) is 3.58. The van der Waals surface area contributed by atoms with Crippen molar-refractivity contribution in [3.05, 3.63) is 394 Å². The molecule has 0 heterocycles. The molecule has 15 rings (SSSR count). The minimum Gasteiger partial charge on any atom is -0.457 e. The maximum atomic E-state index is 16.2. The van der Waals surface area contributed by atoms with Crippen LogP contribution in [0.1, 0.15) is 66.8 Å². The monoisotopic (exact) mass is 1230 g/mol. The van der Waals surface area contributed by atoms with Crippen molar-refractivity contribution in [3.63, 3.8) is 0 Å². The van der Waals surface area contributed by atoms with Crippen LogP contribution in [0, 0.1) is 37.1 Å². The Morgan fingerprint density at radius 2 is 0.585 bits per heavy atom. The molecule has 454 valence electrons. The second-order valence-corrected chi connectivity index (χ2v) is 23.9. The van der Waals surface area contributed by atoms with E-state index in [1.165, 1.54) is 24.3 Å². The van der Waals surface area contributed by atoms with Gasteiger partial charge in [0.1, 0.15) is 46.3 Å². The minimum absolute atomic E-state index is 0.355. The van der Waals surface area contributed by atoms with E-state index in [0.717, 1.165) is 89.3 Å². The molecule has 0 amide bonds. The summed E-state index contributed by atoms with van der Waals surface area (Å²) >= 11 is 0. The van der Waals surface area contributed by atoms with Crippen molar-refractivity contribution in [1.82, 2.24) is 0 Å². The fraction of sp³-hybridized carbons (Fsp3) is 0.0465. The second-order valence-electron chi connectivity index (χ2n) is 23.9. The Labute approximate surface area is 544 Å². The Morgan fingerprint density at radius 1 is 0.298 bits per heavy atom. The number of rotatable bonds is 16. The first-order valence-corrected chi connectivity index (χ1v) is 31.2. The van der Waals surface area contributed by atoms with Crippen LogP contribution in [0.15, 0.2) is 304 Å². The van der Waals surface area contributed by atoms with E-state index in [2.05, 4.69) is 98.1 Å². The maximum absolute atomic E-state index is 16.2. The van der Waals surface area contributed by atoms with Gasteiger partial charge in [-0.15, -0.1) is 0 Å². The quantitative estimate of drug-likeness (QED) is 0.0900. The van der Waals surface area contributed by atoms with Gasteiger partial charge < -0.3 is 19.3 Å². The summed E-state index contributed by atoms with van der Waals surface area (Å²) < 4.78 is 75.6. The van der Waals surface area contributed by atoms with Gasteiger partial charge >= 0.3 is 0 Å². The Bertz CT molecular complexity index is 4730. The molecule has 0 saturated heterocycles. The van der Waals surface area contributed by atoms with Gasteiger partial charge in [0.05, 0.1) is 10.8 Å². The molecule has 94 heavy (non-hydrogen) atoms. The summed E-state index contributed by atoms with van der Waals surface area (Å²) in [5.74, 6) is 1.21. The number of hydrogen-bond acceptors (Lipinski definition) is 4. The summed E-state index contributed by atoms with van der Waals surface area (Å²) in [7, 11) is 0. The van der Waals surface area contributed by atoms with Gasteiger partial charge in [0.15, 0.2) is 0 Å². The zero-order valence-corrected chi connectivity index (χ0v) is 51.5. The zero-order chi connectivity index (χ0) is 64.2. The van der Waals surface area contributed by atoms with Gasteiger partial charge in [-0.2, -0.15) is 0 Å². The predicted octanol–water partition coefficient (Wildman–Crippen LogP) is 23.4. The first-order valence-electron chi connectivity index (χ1n) is 31.2. The lowest BCUT2D eigenvalue weighted by Crippen LogP contribution is -2.29. The lowest BCUT2D eigenvalue weighted by molar-refractivity contribution is 0.482. The molecule has 0 saturated carbocycles. The minimum atomic E-state index is -0.958. The molecule has 2 aliphatic carbocycles. The highest BCUT2D eigenvalue weighted by molar-refractivity contribution is 5.92. The van der Waals surface area contributed by atoms with Gasteiger partial charge in [0.25, 0.3) is 0 Å². The van der Waals surface area contributed by atoms with Crippen molar-refractivity contribution in [2.75, 3.05) is 9.80 Å². The van der Waals surface area contributed by atoms with Crippen LogP contribution in [0.5, 0.6) is 23.0 Å². The molecule has 0 radical (unpaired) electrons. The zero-order valence-electron chi connectivity index (χ0n) is 51.5. The van der Waals surface area contributed by atoms with Crippen molar-refractivity contribution >= 4 is 46.3 Å². The third kappa shape index (κ3) is 10.0. The molecule has 0 aromatic heterocycles. The lowest BCUT2D eigenvalue weighted by Gasteiger charge is -2.35. The second kappa shape index (κ2) is 23.8. The number of halogens is 4. The summed E-state index contributed by atoms with van der Waals surface area (Å²) in [5.41, 5.74) is 16.7. The number of nitrogens with zero attached hydrogens (tertiary/aromatic N) is 2. The van der Waals surface area contributed by atoms with Crippen LogP contribution in [-0.2, 0) is 10.8 Å². The fourth-order valence-electron chi connectivity index (χ4n) is 14.0. The number of anilines is 6. The fourth-order valence-corrected chi connectivity index (χ4v) is 14.0. The van der Waals surface area contributed by atoms with E-state index in [1.54, 1.807) is 50.3 Å². The molecule has 0 aliphatic heterocycles. The number of ether oxygens (including phenoxy) is 2. The molecule has 2 atom stereocenters. The van der Waals surface area contributed by atoms with Gasteiger partial charge in [-0.3, -0.25) is 0 Å². The normalized spacial score (nSPS) is 14.9. The highest BCUT2D eigenvalue weighted by Crippen LogP contribution is 2.60. The standard InChI is InChI=1S/C86H60F4N2O2/c1-5-57-17-41-71(42-18-57)93-73-45-25-61(26-46-73)85(59-21-29-63(87)30-22-59)79-13-9-7-11-75(79)77-49-39-67(51-81(77)85)91(69-33-15-55(3)83(89)53-69)65-35-37-66(38-36-65)92(70-34-16-56(4)84(90)54-70)68-40-50-78-76-12-8-10-14-80(76)86(82(78)52-68,60-23-31-64(88)32-24-60)62-27-47-74(48-28-62)94-72-43-19-58(6-2)20-44-72/h5-54H,1-2H2,3-4H3. The number of hydrogen-bond donors (Lipinski definition) is 0. The largest absolute Gasteiger partial charge is 0.457 e. The average Bonchev–Trinajstić information content (AvgIpc) is 1.51. The topological polar surface area (TPSA) is 24.9 Å². The number of benzene rings is 13. The smallest absolute Gasteiger partial charge is 0.128 e. The van der Waals surface area contributed by atoms with E-state index in [9.17, 15) is 0 Å². The molecule has 0 N–H and O–H groups in total. The molecular formula is C86H60F4N2O2. The van der Waals surface area contributed by atoms with Crippen molar-refractivity contribution in [3.8, 4) is 45.3 Å². The highest BCUT2D eigenvalue weighted by Gasteiger charge is 2.48. The van der Waals surface area contributed by atoms with Crippen molar-refractivity contribution in [2.45, 2.75) is 24.7 Å². The van der Waals surface area contributed by atoms with Gasteiger partial charge in [-0.1, -0.05) is 171 Å². The molecule has 0 fully saturated rings. The molecule has 0 bridgehead atoms. The van der Waals surface area contributed by atoms with E-state index >= 15 is 17.6 Å². The average molecular weight is 1230 g/mol. The number of fused-ring (bicyclic) bond motifs is 6. The Hall–Kier alpha value is -11.7. The third-order valence-corrected chi connectivity index (χ3v) is 18.6. The van der Waals surface area contributed by atoms with E-state index in [0.29, 0.717) is 56.9 Å². The summed E-state index contributed by atoms with van der Waals surface area (Å²) in [4.78, 5) is 4.10. The summed E-state index contributed by atoms with van der Waals surface area (Å²) in [6, 6.07) is 93.1. The van der Waals surface area contributed by atoms with Crippen molar-refractivity contribution < 1.29 is 27.0 Å². The van der Waals surface area contributed by atoms with E-state index in [1.807, 2.05) is 168 Å². The third-order valence-electron chi connectivity index (χ3n) is 18.6. The Balaban J connectivity index is 0.871. The van der Waals surface area contributed by atoms with Crippen molar-refractivity contribution in [1.29, 1.82) is 0 Å². The summed E-state index contributed by atoms with van der Waals surface area (Å²) in [6.45, 7) is 11.3. The van der Waals surface area contributed by atoms with Crippen LogP contribution < -0.4 is 19.3 Å². The Kier molecular flexibility index (Phi) is 14.9. The molecule has 2 aliphatic rings. The van der Waals surface area contributed by atoms with Crippen LogP contribution in [-0.4, -0.2) is 0 Å².